The molecule has 0 amide bonds. The average Bonchev–Trinajstić information content (AvgIpc) is 2.47. The number of unbranched alkanes of at least 4 members (excludes halogenated alkanes) is 1. The molecule has 2 N–H and O–H groups in total. The molecule has 1 aliphatic rings. The second-order valence-corrected chi connectivity index (χ2v) is 5.21. The van der Waals surface area contributed by atoms with E-state index in [2.05, 4.69) is 33.8 Å². The molecule has 17 heavy (non-hydrogen) atoms. The van der Waals surface area contributed by atoms with Crippen molar-refractivity contribution in [1.29, 1.82) is 5.26 Å². The maximum absolute atomic E-state index is 8.51. The third-order valence-electron chi connectivity index (χ3n) is 4.19. The first kappa shape index (κ1) is 14.0. The Morgan fingerprint density at radius 3 is 2.18 bits per heavy atom. The van der Waals surface area contributed by atoms with E-state index in [1.165, 1.54) is 22.3 Å². The summed E-state index contributed by atoms with van der Waals surface area (Å²) in [5, 5.41) is 8.51. The molecule has 0 fully saturated rings. The van der Waals surface area contributed by atoms with Crippen LogP contribution < -0.4 is 5.73 Å². The van der Waals surface area contributed by atoms with Crippen LogP contribution in [0.2, 0.25) is 0 Å². The molecule has 1 unspecified atom stereocenters. The average molecular weight is 232 g/mol. The van der Waals surface area contributed by atoms with Crippen LogP contribution in [-0.4, -0.2) is 6.04 Å². The van der Waals surface area contributed by atoms with Crippen molar-refractivity contribution in [3.8, 4) is 6.07 Å². The Hall–Kier alpha value is -1.07. The van der Waals surface area contributed by atoms with Crippen LogP contribution in [0.15, 0.2) is 22.3 Å². The molecular weight excluding hydrogens is 208 g/mol. The van der Waals surface area contributed by atoms with Crippen molar-refractivity contribution in [1.82, 2.24) is 0 Å². The largest absolute Gasteiger partial charge is 0.328 e. The van der Waals surface area contributed by atoms with E-state index in [0.29, 0.717) is 12.3 Å². The molecular formula is C15H24N2. The molecule has 1 aliphatic carbocycles. The monoisotopic (exact) mass is 232 g/mol. The lowest BCUT2D eigenvalue weighted by Crippen LogP contribution is -2.24. The molecule has 0 saturated heterocycles. The van der Waals surface area contributed by atoms with Gasteiger partial charge in [0, 0.05) is 18.4 Å². The summed E-state index contributed by atoms with van der Waals surface area (Å²) in [6, 6.07) is 2.39. The van der Waals surface area contributed by atoms with Gasteiger partial charge in [-0.2, -0.15) is 5.26 Å². The maximum Gasteiger partial charge on any atom is 0.0621 e. The molecule has 2 nitrogen and oxygen atoms in total. The molecule has 2 heteroatoms. The van der Waals surface area contributed by atoms with E-state index in [1.807, 2.05) is 0 Å². The van der Waals surface area contributed by atoms with Crippen molar-refractivity contribution in [3.63, 3.8) is 0 Å². The summed E-state index contributed by atoms with van der Waals surface area (Å²) < 4.78 is 0. The Labute approximate surface area is 105 Å². The Balaban J connectivity index is 2.56. The van der Waals surface area contributed by atoms with E-state index in [-0.39, 0.29) is 6.04 Å². The Morgan fingerprint density at radius 2 is 1.71 bits per heavy atom. The fourth-order valence-corrected chi connectivity index (χ4v) is 2.66. The summed E-state index contributed by atoms with van der Waals surface area (Å²) in [4.78, 5) is 0. The fourth-order valence-electron chi connectivity index (χ4n) is 2.66. The van der Waals surface area contributed by atoms with Gasteiger partial charge in [-0.1, -0.05) is 11.1 Å². The molecule has 1 rings (SSSR count). The second kappa shape index (κ2) is 6.02. The molecule has 0 radical (unpaired) electrons. The fraction of sp³-hybridized carbons (Fsp3) is 0.667. The van der Waals surface area contributed by atoms with E-state index in [4.69, 9.17) is 11.0 Å². The van der Waals surface area contributed by atoms with Crippen LogP contribution in [0.5, 0.6) is 0 Å². The Kier molecular flexibility index (Phi) is 4.96. The minimum absolute atomic E-state index is 0.219. The summed E-state index contributed by atoms with van der Waals surface area (Å²) in [7, 11) is 0. The highest BCUT2D eigenvalue weighted by molar-refractivity contribution is 5.46. The van der Waals surface area contributed by atoms with Crippen molar-refractivity contribution >= 4 is 0 Å². The molecule has 0 aromatic carbocycles. The molecule has 0 saturated carbocycles. The molecule has 0 aromatic heterocycles. The number of hydrogen-bond donors (Lipinski definition) is 1. The van der Waals surface area contributed by atoms with Gasteiger partial charge >= 0.3 is 0 Å². The predicted octanol–water partition coefficient (Wildman–Crippen LogP) is 3.70. The van der Waals surface area contributed by atoms with Crippen molar-refractivity contribution in [2.24, 2.45) is 11.7 Å². The van der Waals surface area contributed by atoms with Crippen LogP contribution in [0.25, 0.3) is 0 Å². The quantitative estimate of drug-likeness (QED) is 0.735. The zero-order valence-corrected chi connectivity index (χ0v) is 11.5. The topological polar surface area (TPSA) is 49.8 Å². The molecule has 0 aliphatic heterocycles. The van der Waals surface area contributed by atoms with Gasteiger partial charge in [-0.05, 0) is 58.1 Å². The van der Waals surface area contributed by atoms with E-state index in [1.54, 1.807) is 0 Å². The van der Waals surface area contributed by atoms with E-state index >= 15 is 0 Å². The van der Waals surface area contributed by atoms with Crippen molar-refractivity contribution in [2.75, 3.05) is 0 Å². The highest BCUT2D eigenvalue weighted by Gasteiger charge is 2.25. The Morgan fingerprint density at radius 1 is 1.18 bits per heavy atom. The minimum atomic E-state index is 0.219. The lowest BCUT2D eigenvalue weighted by Gasteiger charge is -2.19. The number of nitriles is 1. The van der Waals surface area contributed by atoms with Crippen LogP contribution in [0.1, 0.15) is 53.4 Å². The first-order chi connectivity index (χ1) is 7.99. The van der Waals surface area contributed by atoms with Gasteiger partial charge in [-0.25, -0.2) is 0 Å². The van der Waals surface area contributed by atoms with Crippen molar-refractivity contribution < 1.29 is 0 Å². The number of allylic oxidation sites excluding steroid dienone is 4. The van der Waals surface area contributed by atoms with Crippen LogP contribution >= 0.6 is 0 Å². The van der Waals surface area contributed by atoms with Gasteiger partial charge < -0.3 is 5.73 Å². The van der Waals surface area contributed by atoms with Gasteiger partial charge in [0.2, 0.25) is 0 Å². The first-order valence-corrected chi connectivity index (χ1v) is 6.46. The van der Waals surface area contributed by atoms with Gasteiger partial charge in [0.15, 0.2) is 0 Å². The zero-order chi connectivity index (χ0) is 13.0. The highest BCUT2D eigenvalue weighted by atomic mass is 14.6. The molecule has 94 valence electrons. The van der Waals surface area contributed by atoms with Crippen LogP contribution in [0.3, 0.4) is 0 Å². The van der Waals surface area contributed by atoms with Gasteiger partial charge in [-0.3, -0.25) is 0 Å². The number of hydrogen-bond acceptors (Lipinski definition) is 2. The summed E-state index contributed by atoms with van der Waals surface area (Å²) >= 11 is 0. The number of nitrogens with two attached hydrogens (primary N) is 1. The number of nitrogens with zero attached hydrogens (tertiary/aromatic N) is 1. The standard InChI is InChI=1S/C15H24N2/c1-10-11(2)13(4)15(12(10)3)9-14(17)7-5-6-8-16/h14-15H,5-7,9,17H2,1-4H3. The number of rotatable bonds is 5. The molecule has 0 spiro atoms. The SMILES string of the molecule is CC1=C(C)C(CC(N)CCCC#N)C(C)=C1C. The molecule has 0 heterocycles. The third-order valence-corrected chi connectivity index (χ3v) is 4.19. The predicted molar refractivity (Wildman–Crippen MR) is 72.3 cm³/mol. The van der Waals surface area contributed by atoms with E-state index < -0.39 is 0 Å². The van der Waals surface area contributed by atoms with Crippen LogP contribution in [0, 0.1) is 17.2 Å². The summed E-state index contributed by atoms with van der Waals surface area (Å²) in [5.41, 5.74) is 12.0. The summed E-state index contributed by atoms with van der Waals surface area (Å²) in [6.07, 6.45) is 3.54. The van der Waals surface area contributed by atoms with Gasteiger partial charge in [0.05, 0.1) is 6.07 Å². The first-order valence-electron chi connectivity index (χ1n) is 6.46. The smallest absolute Gasteiger partial charge is 0.0621 e. The highest BCUT2D eigenvalue weighted by Crippen LogP contribution is 2.39. The molecule has 0 aromatic rings. The van der Waals surface area contributed by atoms with E-state index in [0.717, 1.165) is 19.3 Å². The third kappa shape index (κ3) is 3.20. The van der Waals surface area contributed by atoms with Gasteiger partial charge in [0.25, 0.3) is 0 Å². The summed E-state index contributed by atoms with van der Waals surface area (Å²) in [5.74, 6) is 0.534. The summed E-state index contributed by atoms with van der Waals surface area (Å²) in [6.45, 7) is 8.86. The second-order valence-electron chi connectivity index (χ2n) is 5.21. The van der Waals surface area contributed by atoms with Crippen molar-refractivity contribution in [2.45, 2.75) is 59.4 Å². The zero-order valence-electron chi connectivity index (χ0n) is 11.5. The van der Waals surface area contributed by atoms with Crippen LogP contribution in [-0.2, 0) is 0 Å². The molecule has 1 atom stereocenters. The lowest BCUT2D eigenvalue weighted by atomic mass is 9.88. The van der Waals surface area contributed by atoms with Crippen molar-refractivity contribution in [3.05, 3.63) is 22.3 Å². The normalized spacial score (nSPS) is 18.8. The van der Waals surface area contributed by atoms with E-state index in [9.17, 15) is 0 Å². The maximum atomic E-state index is 8.51. The molecule has 0 bridgehead atoms. The van der Waals surface area contributed by atoms with Crippen LogP contribution in [0.4, 0.5) is 0 Å². The minimum Gasteiger partial charge on any atom is -0.328 e. The van der Waals surface area contributed by atoms with Gasteiger partial charge in [0.1, 0.15) is 0 Å². The Bertz CT molecular complexity index is 358. The van der Waals surface area contributed by atoms with Gasteiger partial charge in [-0.15, -0.1) is 0 Å². The lowest BCUT2D eigenvalue weighted by molar-refractivity contribution is 0.494.